The second-order valence-electron chi connectivity index (χ2n) is 7.50. The van der Waals surface area contributed by atoms with Crippen molar-refractivity contribution in [3.63, 3.8) is 0 Å². The second kappa shape index (κ2) is 13.4. The molecule has 0 radical (unpaired) electrons. The van der Waals surface area contributed by atoms with Crippen molar-refractivity contribution in [3.05, 3.63) is 88.2 Å². The zero-order valence-corrected chi connectivity index (χ0v) is 20.0. The molecule has 0 spiro atoms. The number of carbonyl (C=O) groups excluding carboxylic acids is 1. The third-order valence-corrected chi connectivity index (χ3v) is 6.18. The number of carboxylic acids is 1. The summed E-state index contributed by atoms with van der Waals surface area (Å²) in [6.07, 6.45) is 9.35. The van der Waals surface area contributed by atoms with E-state index in [1.54, 1.807) is 36.3 Å². The molecule has 0 aliphatic heterocycles. The van der Waals surface area contributed by atoms with E-state index in [1.165, 1.54) is 0 Å². The summed E-state index contributed by atoms with van der Waals surface area (Å²) in [5.41, 5.74) is 4.75. The fraction of sp³-hybridized carbons (Fsp3) is 0.192. The van der Waals surface area contributed by atoms with Gasteiger partial charge in [0.15, 0.2) is 0 Å². The predicted molar refractivity (Wildman–Crippen MR) is 144 cm³/mol. The summed E-state index contributed by atoms with van der Waals surface area (Å²) in [7, 11) is 0. The molecule has 34 heavy (non-hydrogen) atoms. The SMILES string of the molecule is CSCCC(NC(=O)c1ccc(C=Cc2cnccc2Cl)cc1-c1ccccc1C)C(=O)O.[LiH]. The molecule has 2 aromatic carbocycles. The molecule has 1 atom stereocenters. The molecule has 3 rings (SSSR count). The van der Waals surface area contributed by atoms with Gasteiger partial charge < -0.3 is 10.4 Å². The first-order valence-corrected chi connectivity index (χ1v) is 12.2. The van der Waals surface area contributed by atoms with Crippen molar-refractivity contribution in [2.45, 2.75) is 19.4 Å². The van der Waals surface area contributed by atoms with Crippen LogP contribution in [0.1, 0.15) is 33.5 Å². The number of pyridine rings is 1. The summed E-state index contributed by atoms with van der Waals surface area (Å²) in [5, 5.41) is 12.8. The summed E-state index contributed by atoms with van der Waals surface area (Å²) in [6, 6.07) is 14.1. The zero-order chi connectivity index (χ0) is 23.8. The average Bonchev–Trinajstić information content (AvgIpc) is 2.81. The van der Waals surface area contributed by atoms with Gasteiger partial charge in [-0.3, -0.25) is 9.78 Å². The van der Waals surface area contributed by atoms with Crippen LogP contribution in [0.2, 0.25) is 5.02 Å². The van der Waals surface area contributed by atoms with Gasteiger partial charge in [0.2, 0.25) is 0 Å². The molecule has 2 N–H and O–H groups in total. The normalized spacial score (nSPS) is 11.6. The van der Waals surface area contributed by atoms with Crippen molar-refractivity contribution in [3.8, 4) is 11.1 Å². The van der Waals surface area contributed by atoms with E-state index in [0.717, 1.165) is 27.8 Å². The van der Waals surface area contributed by atoms with Gasteiger partial charge in [-0.15, -0.1) is 0 Å². The van der Waals surface area contributed by atoms with Gasteiger partial charge in [0.1, 0.15) is 6.04 Å². The van der Waals surface area contributed by atoms with Crippen LogP contribution >= 0.6 is 23.4 Å². The van der Waals surface area contributed by atoms with Crippen molar-refractivity contribution in [2.75, 3.05) is 12.0 Å². The number of nitrogens with one attached hydrogen (secondary N) is 1. The number of hydrogen-bond acceptors (Lipinski definition) is 4. The number of amides is 1. The number of benzene rings is 2. The average molecular weight is 489 g/mol. The van der Waals surface area contributed by atoms with Gasteiger partial charge in [0.25, 0.3) is 5.91 Å². The van der Waals surface area contributed by atoms with Crippen molar-refractivity contribution in [1.29, 1.82) is 0 Å². The van der Waals surface area contributed by atoms with Gasteiger partial charge in [-0.2, -0.15) is 11.8 Å². The van der Waals surface area contributed by atoms with E-state index < -0.39 is 17.9 Å². The number of aryl methyl sites for hydroxylation is 1. The summed E-state index contributed by atoms with van der Waals surface area (Å²) in [4.78, 5) is 28.9. The van der Waals surface area contributed by atoms with Crippen molar-refractivity contribution < 1.29 is 14.7 Å². The van der Waals surface area contributed by atoms with Crippen LogP contribution in [0.5, 0.6) is 0 Å². The summed E-state index contributed by atoms with van der Waals surface area (Å²) >= 11 is 7.76. The topological polar surface area (TPSA) is 79.3 Å². The molecule has 5 nitrogen and oxygen atoms in total. The second-order valence-corrected chi connectivity index (χ2v) is 8.89. The Labute approximate surface area is 221 Å². The number of thioether (sulfide) groups is 1. The zero-order valence-electron chi connectivity index (χ0n) is 18.4. The van der Waals surface area contributed by atoms with Crippen molar-refractivity contribution in [2.24, 2.45) is 0 Å². The summed E-state index contributed by atoms with van der Waals surface area (Å²) < 4.78 is 0. The molecule has 3 aromatic rings. The summed E-state index contributed by atoms with van der Waals surface area (Å²) in [5.74, 6) is -0.807. The molecule has 0 saturated heterocycles. The number of carbonyl (C=O) groups is 2. The molecule has 0 bridgehead atoms. The van der Waals surface area contributed by atoms with Gasteiger partial charge in [0.05, 0.1) is 5.02 Å². The molecular weight excluding hydrogens is 463 g/mol. The Balaban J connectivity index is 0.00000408. The van der Waals surface area contributed by atoms with Crippen LogP contribution in [0.25, 0.3) is 23.3 Å². The van der Waals surface area contributed by atoms with Crippen LogP contribution in [0.3, 0.4) is 0 Å². The molecule has 0 saturated carbocycles. The molecule has 1 heterocycles. The van der Waals surface area contributed by atoms with Gasteiger partial charge in [-0.05, 0) is 65.8 Å². The van der Waals surface area contributed by atoms with E-state index in [9.17, 15) is 14.7 Å². The molecule has 1 amide bonds. The van der Waals surface area contributed by atoms with Crippen LogP contribution < -0.4 is 5.32 Å². The molecular formula is C26H26ClLiN2O3S. The first kappa shape index (κ1) is 27.7. The maximum absolute atomic E-state index is 13.1. The van der Waals surface area contributed by atoms with Crippen molar-refractivity contribution in [1.82, 2.24) is 10.3 Å². The Kier molecular flexibility index (Phi) is 10.9. The number of aromatic nitrogens is 1. The number of nitrogens with zero attached hydrogens (tertiary/aromatic N) is 1. The fourth-order valence-electron chi connectivity index (χ4n) is 3.39. The molecule has 1 aromatic heterocycles. The standard InChI is InChI=1S/C26H25ClN2O3S.Li.H/c1-17-5-3-4-6-20(17)22-15-18(7-9-19-16-28-13-11-23(19)27)8-10-21(22)25(30)29-24(26(31)32)12-14-33-2;;/h3-11,13,15-16,24H,12,14H2,1-2H3,(H,29,30)(H,31,32);;. The fourth-order valence-corrected chi connectivity index (χ4v) is 4.03. The molecule has 8 heteroatoms. The Morgan fingerprint density at radius 3 is 2.59 bits per heavy atom. The van der Waals surface area contributed by atoms with E-state index in [0.29, 0.717) is 22.8 Å². The van der Waals surface area contributed by atoms with E-state index in [2.05, 4.69) is 10.3 Å². The Morgan fingerprint density at radius 2 is 1.91 bits per heavy atom. The molecule has 0 fully saturated rings. The first-order valence-electron chi connectivity index (χ1n) is 10.4. The first-order chi connectivity index (χ1) is 15.9. The van der Waals surface area contributed by atoms with Crippen LogP contribution in [0, 0.1) is 6.92 Å². The molecule has 0 aliphatic rings. The van der Waals surface area contributed by atoms with Crippen LogP contribution in [-0.4, -0.2) is 58.9 Å². The van der Waals surface area contributed by atoms with Crippen LogP contribution in [-0.2, 0) is 4.79 Å². The monoisotopic (exact) mass is 488 g/mol. The van der Waals surface area contributed by atoms with Crippen LogP contribution in [0.15, 0.2) is 60.9 Å². The number of halogens is 1. The van der Waals surface area contributed by atoms with Crippen LogP contribution in [0.4, 0.5) is 0 Å². The minimum absolute atomic E-state index is 0. The van der Waals surface area contributed by atoms with Crippen molar-refractivity contribution >= 4 is 66.3 Å². The van der Waals surface area contributed by atoms with E-state index in [4.69, 9.17) is 11.6 Å². The number of rotatable bonds is 9. The molecule has 1 unspecified atom stereocenters. The number of carboxylic acid groups (broad SMARTS) is 1. The van der Waals surface area contributed by atoms with Gasteiger partial charge >= 0.3 is 24.8 Å². The van der Waals surface area contributed by atoms with Gasteiger partial charge in [-0.1, -0.05) is 54.1 Å². The number of aliphatic carboxylic acids is 1. The van der Waals surface area contributed by atoms with E-state index >= 15 is 0 Å². The Hall–Kier alpha value is -2.49. The Morgan fingerprint density at radius 1 is 1.15 bits per heavy atom. The van der Waals surface area contributed by atoms with E-state index in [1.807, 2.05) is 61.7 Å². The van der Waals surface area contributed by atoms with Gasteiger partial charge in [0, 0.05) is 23.5 Å². The summed E-state index contributed by atoms with van der Waals surface area (Å²) in [6.45, 7) is 1.98. The third kappa shape index (κ3) is 7.25. The third-order valence-electron chi connectivity index (χ3n) is 5.19. The van der Waals surface area contributed by atoms with Gasteiger partial charge in [-0.25, -0.2) is 4.79 Å². The van der Waals surface area contributed by atoms with E-state index in [-0.39, 0.29) is 18.9 Å². The molecule has 0 aliphatic carbocycles. The predicted octanol–water partition coefficient (Wildman–Crippen LogP) is 5.17. The maximum atomic E-state index is 13.1. The minimum atomic E-state index is -1.04. The Bertz CT molecular complexity index is 1190. The number of hydrogen-bond donors (Lipinski definition) is 2. The quantitative estimate of drug-likeness (QED) is 0.406. The molecule has 172 valence electrons.